The summed E-state index contributed by atoms with van der Waals surface area (Å²) in [6.07, 6.45) is 2.66. The second-order valence-electron chi connectivity index (χ2n) is 4.42. The Morgan fingerprint density at radius 2 is 2.20 bits per heavy atom. The fourth-order valence-electron chi connectivity index (χ4n) is 1.93. The molecule has 0 radical (unpaired) electrons. The number of rotatable bonds is 3. The van der Waals surface area contributed by atoms with Gasteiger partial charge in [-0.25, -0.2) is 0 Å². The standard InChI is InChI=1S/C13H19NO/c1-10(2)15-9-12-8-7-11-5-3-4-6-13(11)14-12/h3-6,10,12,14H,7-9H2,1-2H3. The minimum atomic E-state index is 0.323. The molecule has 0 bridgehead atoms. The summed E-state index contributed by atoms with van der Waals surface area (Å²) >= 11 is 0. The van der Waals surface area contributed by atoms with E-state index in [0.29, 0.717) is 12.1 Å². The molecule has 0 saturated heterocycles. The van der Waals surface area contributed by atoms with Crippen molar-refractivity contribution in [3.05, 3.63) is 29.8 Å². The average Bonchev–Trinajstić information content (AvgIpc) is 2.26. The Morgan fingerprint density at radius 3 is 3.00 bits per heavy atom. The number of benzene rings is 1. The van der Waals surface area contributed by atoms with E-state index in [1.807, 2.05) is 0 Å². The van der Waals surface area contributed by atoms with E-state index in [1.165, 1.54) is 17.7 Å². The van der Waals surface area contributed by atoms with E-state index in [1.54, 1.807) is 0 Å². The zero-order valence-electron chi connectivity index (χ0n) is 9.49. The van der Waals surface area contributed by atoms with Crippen molar-refractivity contribution in [1.82, 2.24) is 0 Å². The fraction of sp³-hybridized carbons (Fsp3) is 0.538. The van der Waals surface area contributed by atoms with E-state index in [2.05, 4.69) is 43.4 Å². The Kier molecular flexibility index (Phi) is 3.27. The van der Waals surface area contributed by atoms with Gasteiger partial charge in [-0.15, -0.1) is 0 Å². The van der Waals surface area contributed by atoms with E-state index in [-0.39, 0.29) is 0 Å². The van der Waals surface area contributed by atoms with Crippen LogP contribution in [0.4, 0.5) is 5.69 Å². The van der Waals surface area contributed by atoms with Gasteiger partial charge in [-0.1, -0.05) is 18.2 Å². The van der Waals surface area contributed by atoms with Crippen LogP contribution in [0.5, 0.6) is 0 Å². The van der Waals surface area contributed by atoms with Crippen LogP contribution in [-0.4, -0.2) is 18.8 Å². The van der Waals surface area contributed by atoms with E-state index < -0.39 is 0 Å². The van der Waals surface area contributed by atoms with Gasteiger partial charge in [0, 0.05) is 11.7 Å². The molecule has 82 valence electrons. The lowest BCUT2D eigenvalue weighted by molar-refractivity contribution is 0.0698. The fourth-order valence-corrected chi connectivity index (χ4v) is 1.93. The second-order valence-corrected chi connectivity index (χ2v) is 4.42. The van der Waals surface area contributed by atoms with Gasteiger partial charge in [-0.3, -0.25) is 0 Å². The maximum atomic E-state index is 5.63. The monoisotopic (exact) mass is 205 g/mol. The Morgan fingerprint density at radius 1 is 1.40 bits per heavy atom. The van der Waals surface area contributed by atoms with Crippen molar-refractivity contribution in [1.29, 1.82) is 0 Å². The molecule has 2 heteroatoms. The molecule has 0 fully saturated rings. The number of para-hydroxylation sites is 1. The zero-order chi connectivity index (χ0) is 10.7. The Bertz CT molecular complexity index is 322. The first kappa shape index (κ1) is 10.5. The third kappa shape index (κ3) is 2.72. The summed E-state index contributed by atoms with van der Waals surface area (Å²) in [4.78, 5) is 0. The molecule has 1 aromatic rings. The molecular weight excluding hydrogens is 186 g/mol. The molecule has 0 aliphatic carbocycles. The SMILES string of the molecule is CC(C)OCC1CCc2ccccc2N1. The van der Waals surface area contributed by atoms with Crippen molar-refractivity contribution in [2.24, 2.45) is 0 Å². The van der Waals surface area contributed by atoms with Crippen molar-refractivity contribution in [3.63, 3.8) is 0 Å². The highest BCUT2D eigenvalue weighted by atomic mass is 16.5. The lowest BCUT2D eigenvalue weighted by Gasteiger charge is -2.27. The maximum absolute atomic E-state index is 5.63. The first-order valence-corrected chi connectivity index (χ1v) is 5.72. The Balaban J connectivity index is 1.94. The van der Waals surface area contributed by atoms with Gasteiger partial charge in [-0.2, -0.15) is 0 Å². The summed E-state index contributed by atoms with van der Waals surface area (Å²) in [6, 6.07) is 9.00. The van der Waals surface area contributed by atoms with Crippen LogP contribution in [0.25, 0.3) is 0 Å². The van der Waals surface area contributed by atoms with Gasteiger partial charge >= 0.3 is 0 Å². The first-order chi connectivity index (χ1) is 7.25. The smallest absolute Gasteiger partial charge is 0.0671 e. The summed E-state index contributed by atoms with van der Waals surface area (Å²) in [6.45, 7) is 4.97. The lowest BCUT2D eigenvalue weighted by atomic mass is 9.99. The molecule has 1 aliphatic heterocycles. The summed E-state index contributed by atoms with van der Waals surface area (Å²) in [5.41, 5.74) is 2.71. The molecule has 0 spiro atoms. The van der Waals surface area contributed by atoms with Gasteiger partial charge in [-0.05, 0) is 38.3 Å². The molecule has 1 heterocycles. The normalized spacial score (nSPS) is 19.8. The molecule has 1 N–H and O–H groups in total. The van der Waals surface area contributed by atoms with Crippen LogP contribution in [0.15, 0.2) is 24.3 Å². The highest BCUT2D eigenvalue weighted by Crippen LogP contribution is 2.24. The number of hydrogen-bond acceptors (Lipinski definition) is 2. The molecule has 1 atom stereocenters. The van der Waals surface area contributed by atoms with Crippen molar-refractivity contribution in [2.75, 3.05) is 11.9 Å². The van der Waals surface area contributed by atoms with E-state index >= 15 is 0 Å². The van der Waals surface area contributed by atoms with Gasteiger partial charge in [0.1, 0.15) is 0 Å². The lowest BCUT2D eigenvalue weighted by Crippen LogP contribution is -2.31. The maximum Gasteiger partial charge on any atom is 0.0671 e. The first-order valence-electron chi connectivity index (χ1n) is 5.72. The van der Waals surface area contributed by atoms with Crippen molar-refractivity contribution < 1.29 is 4.74 Å². The van der Waals surface area contributed by atoms with Gasteiger partial charge in [0.25, 0.3) is 0 Å². The van der Waals surface area contributed by atoms with Crippen LogP contribution >= 0.6 is 0 Å². The number of fused-ring (bicyclic) bond motifs is 1. The van der Waals surface area contributed by atoms with E-state index in [9.17, 15) is 0 Å². The number of ether oxygens (including phenoxy) is 1. The topological polar surface area (TPSA) is 21.3 Å². The third-order valence-electron chi connectivity index (χ3n) is 2.77. The quantitative estimate of drug-likeness (QED) is 0.819. The van der Waals surface area contributed by atoms with Crippen LogP contribution in [-0.2, 0) is 11.2 Å². The highest BCUT2D eigenvalue weighted by molar-refractivity contribution is 5.53. The van der Waals surface area contributed by atoms with E-state index in [0.717, 1.165) is 13.0 Å². The summed E-state index contributed by atoms with van der Waals surface area (Å²) in [5, 5.41) is 3.53. The highest BCUT2D eigenvalue weighted by Gasteiger charge is 2.17. The molecule has 1 aliphatic rings. The summed E-state index contributed by atoms with van der Waals surface area (Å²) < 4.78 is 5.63. The second kappa shape index (κ2) is 4.67. The summed E-state index contributed by atoms with van der Waals surface area (Å²) in [5.74, 6) is 0. The molecule has 1 unspecified atom stereocenters. The van der Waals surface area contributed by atoms with Crippen LogP contribution in [0, 0.1) is 0 Å². The third-order valence-corrected chi connectivity index (χ3v) is 2.77. The molecule has 2 rings (SSSR count). The van der Waals surface area contributed by atoms with Gasteiger partial charge < -0.3 is 10.1 Å². The number of nitrogens with one attached hydrogen (secondary N) is 1. The molecule has 0 aromatic heterocycles. The van der Waals surface area contributed by atoms with Crippen LogP contribution < -0.4 is 5.32 Å². The number of aryl methyl sites for hydroxylation is 1. The molecule has 15 heavy (non-hydrogen) atoms. The number of anilines is 1. The molecule has 2 nitrogen and oxygen atoms in total. The Hall–Kier alpha value is -1.02. The van der Waals surface area contributed by atoms with Gasteiger partial charge in [0.15, 0.2) is 0 Å². The average molecular weight is 205 g/mol. The van der Waals surface area contributed by atoms with Crippen LogP contribution in [0.1, 0.15) is 25.8 Å². The minimum Gasteiger partial charge on any atom is -0.380 e. The van der Waals surface area contributed by atoms with Gasteiger partial charge in [0.2, 0.25) is 0 Å². The zero-order valence-corrected chi connectivity index (χ0v) is 9.49. The summed E-state index contributed by atoms with van der Waals surface area (Å²) in [7, 11) is 0. The van der Waals surface area contributed by atoms with Crippen LogP contribution in [0.2, 0.25) is 0 Å². The predicted molar refractivity (Wildman–Crippen MR) is 63.3 cm³/mol. The predicted octanol–water partition coefficient (Wildman–Crippen LogP) is 2.84. The van der Waals surface area contributed by atoms with Crippen LogP contribution in [0.3, 0.4) is 0 Å². The largest absolute Gasteiger partial charge is 0.380 e. The van der Waals surface area contributed by atoms with Crippen molar-refractivity contribution >= 4 is 5.69 Å². The molecule has 1 aromatic carbocycles. The van der Waals surface area contributed by atoms with Crippen molar-refractivity contribution in [2.45, 2.75) is 38.8 Å². The molecule has 0 saturated carbocycles. The van der Waals surface area contributed by atoms with Gasteiger partial charge in [0.05, 0.1) is 12.7 Å². The number of hydrogen-bond donors (Lipinski definition) is 1. The molecular formula is C13H19NO. The minimum absolute atomic E-state index is 0.323. The molecule has 0 amide bonds. The van der Waals surface area contributed by atoms with E-state index in [4.69, 9.17) is 4.74 Å². The Labute approximate surface area is 91.6 Å². The van der Waals surface area contributed by atoms with Crippen molar-refractivity contribution in [3.8, 4) is 0 Å².